The highest BCUT2D eigenvalue weighted by Gasteiger charge is 2.06. The van der Waals surface area contributed by atoms with Crippen LogP contribution in [-0.4, -0.2) is 38.0 Å². The Morgan fingerprint density at radius 1 is 1.38 bits per heavy atom. The number of carbonyl (C=O) groups excluding carboxylic acids is 1. The van der Waals surface area contributed by atoms with Crippen molar-refractivity contribution in [2.45, 2.75) is 12.8 Å². The molecule has 7 heteroatoms. The highest BCUT2D eigenvalue weighted by molar-refractivity contribution is 14.0. The van der Waals surface area contributed by atoms with Crippen LogP contribution in [0, 0.1) is 5.82 Å². The summed E-state index contributed by atoms with van der Waals surface area (Å²) < 4.78 is 13.0. The van der Waals surface area contributed by atoms with E-state index in [9.17, 15) is 9.18 Å². The Bertz CT molecular complexity index is 496. The molecule has 0 radical (unpaired) electrons. The minimum atomic E-state index is -0.402. The van der Waals surface area contributed by atoms with Gasteiger partial charge in [0.05, 0.1) is 0 Å². The van der Waals surface area contributed by atoms with Crippen molar-refractivity contribution in [3.05, 3.63) is 35.6 Å². The normalized spacial score (nSPS) is 13.5. The molecular weight excluding hydrogens is 386 g/mol. The van der Waals surface area contributed by atoms with Gasteiger partial charge in [-0.25, -0.2) is 4.39 Å². The van der Waals surface area contributed by atoms with E-state index in [4.69, 9.17) is 0 Å². The lowest BCUT2D eigenvalue weighted by atomic mass is 10.2. The lowest BCUT2D eigenvalue weighted by Gasteiger charge is -2.15. The summed E-state index contributed by atoms with van der Waals surface area (Å²) in [6.07, 6.45) is 1.84. The molecule has 0 aliphatic carbocycles. The van der Waals surface area contributed by atoms with Gasteiger partial charge in [-0.1, -0.05) is 6.07 Å². The highest BCUT2D eigenvalue weighted by atomic mass is 127. The van der Waals surface area contributed by atoms with E-state index < -0.39 is 5.82 Å². The van der Waals surface area contributed by atoms with Crippen molar-refractivity contribution in [1.29, 1.82) is 0 Å². The van der Waals surface area contributed by atoms with E-state index in [1.807, 2.05) is 0 Å². The average molecular weight is 406 g/mol. The van der Waals surface area contributed by atoms with Gasteiger partial charge in [0.25, 0.3) is 5.91 Å². The first kappa shape index (κ1) is 17.7. The predicted molar refractivity (Wildman–Crippen MR) is 91.7 cm³/mol. The quantitative estimate of drug-likeness (QED) is 0.513. The minimum Gasteiger partial charge on any atom is -0.356 e. The van der Waals surface area contributed by atoms with Crippen molar-refractivity contribution >= 4 is 35.8 Å². The van der Waals surface area contributed by atoms with E-state index in [2.05, 4.69) is 20.9 Å². The maximum atomic E-state index is 13.0. The lowest BCUT2D eigenvalue weighted by molar-refractivity contribution is 0.0953. The Hall–Kier alpha value is -1.38. The Labute approximate surface area is 140 Å². The Morgan fingerprint density at radius 2 is 2.24 bits per heavy atom. The SMILES string of the molecule is I.O=C(NCCCNC1=NCCCN1)c1cccc(F)c1. The topological polar surface area (TPSA) is 65.5 Å². The van der Waals surface area contributed by atoms with Crippen molar-refractivity contribution in [3.8, 4) is 0 Å². The van der Waals surface area contributed by atoms with Crippen LogP contribution in [0.2, 0.25) is 0 Å². The second-order valence-electron chi connectivity index (χ2n) is 4.56. The van der Waals surface area contributed by atoms with E-state index in [1.165, 1.54) is 18.2 Å². The smallest absolute Gasteiger partial charge is 0.251 e. The molecule has 5 nitrogen and oxygen atoms in total. The molecule has 1 aromatic carbocycles. The third-order valence-electron chi connectivity index (χ3n) is 2.92. The molecule has 1 aromatic rings. The molecule has 1 aliphatic heterocycles. The molecule has 3 N–H and O–H groups in total. The molecule has 0 saturated carbocycles. The zero-order chi connectivity index (χ0) is 14.2. The van der Waals surface area contributed by atoms with Crippen molar-refractivity contribution in [3.63, 3.8) is 0 Å². The van der Waals surface area contributed by atoms with Crippen LogP contribution in [0.15, 0.2) is 29.3 Å². The average Bonchev–Trinajstić information content (AvgIpc) is 2.48. The number of benzene rings is 1. The monoisotopic (exact) mass is 406 g/mol. The van der Waals surface area contributed by atoms with Crippen molar-refractivity contribution in [2.24, 2.45) is 4.99 Å². The fourth-order valence-electron chi connectivity index (χ4n) is 1.88. The lowest BCUT2D eigenvalue weighted by Crippen LogP contribution is -2.41. The fraction of sp³-hybridized carbons (Fsp3) is 0.429. The summed E-state index contributed by atoms with van der Waals surface area (Å²) in [5.41, 5.74) is 0.344. The van der Waals surface area contributed by atoms with Gasteiger partial charge < -0.3 is 16.0 Å². The van der Waals surface area contributed by atoms with Crippen molar-refractivity contribution in [2.75, 3.05) is 26.2 Å². The number of nitrogens with zero attached hydrogens (tertiary/aromatic N) is 1. The van der Waals surface area contributed by atoms with Crippen LogP contribution in [0.1, 0.15) is 23.2 Å². The van der Waals surface area contributed by atoms with Gasteiger partial charge in [-0.15, -0.1) is 24.0 Å². The molecule has 0 saturated heterocycles. The molecule has 0 fully saturated rings. The summed E-state index contributed by atoms with van der Waals surface area (Å²) in [4.78, 5) is 16.0. The number of hydrogen-bond donors (Lipinski definition) is 3. The highest BCUT2D eigenvalue weighted by Crippen LogP contribution is 2.02. The number of carbonyl (C=O) groups is 1. The molecule has 0 bridgehead atoms. The van der Waals surface area contributed by atoms with Gasteiger partial charge in [-0.05, 0) is 31.0 Å². The van der Waals surface area contributed by atoms with Crippen molar-refractivity contribution in [1.82, 2.24) is 16.0 Å². The summed E-state index contributed by atoms with van der Waals surface area (Å²) in [6.45, 7) is 3.07. The van der Waals surface area contributed by atoms with Crippen LogP contribution in [0.3, 0.4) is 0 Å². The van der Waals surface area contributed by atoms with Gasteiger partial charge in [0.2, 0.25) is 0 Å². The first-order chi connectivity index (χ1) is 9.75. The summed E-state index contributed by atoms with van der Waals surface area (Å²) in [5.74, 6) is 0.172. The third kappa shape index (κ3) is 6.28. The molecule has 2 rings (SSSR count). The maximum absolute atomic E-state index is 13.0. The van der Waals surface area contributed by atoms with Crippen LogP contribution >= 0.6 is 24.0 Å². The summed E-state index contributed by atoms with van der Waals surface area (Å²) in [5, 5.41) is 9.09. The van der Waals surface area contributed by atoms with Crippen molar-refractivity contribution < 1.29 is 9.18 Å². The van der Waals surface area contributed by atoms with E-state index in [0.29, 0.717) is 12.1 Å². The summed E-state index contributed by atoms with van der Waals surface area (Å²) in [7, 11) is 0. The Morgan fingerprint density at radius 3 is 2.95 bits per heavy atom. The molecule has 1 amide bonds. The number of guanidine groups is 1. The van der Waals surface area contributed by atoms with Gasteiger partial charge in [0, 0.05) is 31.7 Å². The Balaban J connectivity index is 0.00000220. The number of rotatable bonds is 5. The molecule has 1 aliphatic rings. The number of nitrogens with one attached hydrogen (secondary N) is 3. The molecule has 116 valence electrons. The second kappa shape index (κ2) is 9.54. The molecule has 0 atom stereocenters. The van der Waals surface area contributed by atoms with E-state index in [1.54, 1.807) is 6.07 Å². The predicted octanol–water partition coefficient (Wildman–Crippen LogP) is 1.50. The van der Waals surface area contributed by atoms with Crippen LogP contribution < -0.4 is 16.0 Å². The fourth-order valence-corrected chi connectivity index (χ4v) is 1.88. The summed E-state index contributed by atoms with van der Waals surface area (Å²) >= 11 is 0. The van der Waals surface area contributed by atoms with Gasteiger partial charge in [-0.2, -0.15) is 0 Å². The molecule has 0 spiro atoms. The van der Waals surface area contributed by atoms with Gasteiger partial charge in [0.1, 0.15) is 5.82 Å². The van der Waals surface area contributed by atoms with Crippen LogP contribution in [0.25, 0.3) is 0 Å². The largest absolute Gasteiger partial charge is 0.356 e. The molecule has 21 heavy (non-hydrogen) atoms. The van der Waals surface area contributed by atoms with Crippen LogP contribution in [0.4, 0.5) is 4.39 Å². The number of amides is 1. The molecule has 0 unspecified atom stereocenters. The van der Waals surface area contributed by atoms with Gasteiger partial charge in [-0.3, -0.25) is 9.79 Å². The first-order valence-corrected chi connectivity index (χ1v) is 6.81. The minimum absolute atomic E-state index is 0. The van der Waals surface area contributed by atoms with E-state index in [0.717, 1.165) is 38.4 Å². The number of halogens is 2. The van der Waals surface area contributed by atoms with E-state index in [-0.39, 0.29) is 29.9 Å². The molecule has 1 heterocycles. The third-order valence-corrected chi connectivity index (χ3v) is 2.92. The Kier molecular flexibility index (Phi) is 8.03. The molecular formula is C14H20FIN4O. The standard InChI is InChI=1S/C14H19FN4O.HI/c15-12-5-1-4-11(10-12)13(20)16-6-2-7-17-14-18-8-3-9-19-14;/h1,4-5,10H,2-3,6-9H2,(H,16,20)(H2,17,18,19);1H. The van der Waals surface area contributed by atoms with Gasteiger partial charge in [0.15, 0.2) is 5.96 Å². The molecule has 0 aromatic heterocycles. The zero-order valence-electron chi connectivity index (χ0n) is 11.7. The maximum Gasteiger partial charge on any atom is 0.251 e. The van der Waals surface area contributed by atoms with E-state index >= 15 is 0 Å². The van der Waals surface area contributed by atoms with Crippen LogP contribution in [-0.2, 0) is 0 Å². The zero-order valence-corrected chi connectivity index (χ0v) is 14.0. The van der Waals surface area contributed by atoms with Gasteiger partial charge >= 0.3 is 0 Å². The van der Waals surface area contributed by atoms with Crippen LogP contribution in [0.5, 0.6) is 0 Å². The summed E-state index contributed by atoms with van der Waals surface area (Å²) in [6, 6.07) is 5.67. The first-order valence-electron chi connectivity index (χ1n) is 6.81. The second-order valence-corrected chi connectivity index (χ2v) is 4.56. The number of hydrogen-bond acceptors (Lipinski definition) is 4. The number of aliphatic imine (C=N–C) groups is 1.